The second kappa shape index (κ2) is 9.81. The number of carbonyl (C=O) groups excluding carboxylic acids is 3. The molecule has 3 amide bonds. The van der Waals surface area contributed by atoms with Gasteiger partial charge in [-0.15, -0.1) is 0 Å². The molecule has 0 bridgehead atoms. The number of piperidine rings is 1. The van der Waals surface area contributed by atoms with Crippen LogP contribution in [0.15, 0.2) is 30.6 Å². The first-order valence-corrected chi connectivity index (χ1v) is 12.6. The Morgan fingerprint density at radius 3 is 2.77 bits per heavy atom. The number of hydrogen-bond acceptors (Lipinski definition) is 6. The summed E-state index contributed by atoms with van der Waals surface area (Å²) in [6, 6.07) is 5.54. The Hall–Kier alpha value is -3.20. The Labute approximate surface area is 205 Å². The van der Waals surface area contributed by atoms with Gasteiger partial charge in [-0.3, -0.25) is 24.4 Å². The highest BCUT2D eigenvalue weighted by Crippen LogP contribution is 2.32. The van der Waals surface area contributed by atoms with E-state index in [9.17, 15) is 14.4 Å². The van der Waals surface area contributed by atoms with E-state index >= 15 is 0 Å². The molecule has 0 spiro atoms. The highest BCUT2D eigenvalue weighted by Gasteiger charge is 2.39. The maximum Gasteiger partial charge on any atom is 0.255 e. The van der Waals surface area contributed by atoms with E-state index in [0.29, 0.717) is 24.6 Å². The van der Waals surface area contributed by atoms with E-state index in [2.05, 4.69) is 35.8 Å². The highest BCUT2D eigenvalue weighted by molar-refractivity contribution is 6.05. The van der Waals surface area contributed by atoms with E-state index < -0.39 is 11.9 Å². The van der Waals surface area contributed by atoms with Gasteiger partial charge in [0.25, 0.3) is 5.91 Å². The molecule has 1 aliphatic carbocycles. The summed E-state index contributed by atoms with van der Waals surface area (Å²) >= 11 is 0. The van der Waals surface area contributed by atoms with Crippen LogP contribution >= 0.6 is 0 Å². The number of imide groups is 1. The maximum absolute atomic E-state index is 12.9. The average molecular weight is 480 g/mol. The van der Waals surface area contributed by atoms with Crippen LogP contribution < -0.4 is 15.4 Å². The summed E-state index contributed by atoms with van der Waals surface area (Å²) in [5.74, 6) is -0.0994. The Bertz CT molecular complexity index is 1130. The van der Waals surface area contributed by atoms with Crippen molar-refractivity contribution in [3.8, 4) is 5.75 Å². The maximum atomic E-state index is 12.9. The van der Waals surface area contributed by atoms with Crippen molar-refractivity contribution in [1.82, 2.24) is 25.3 Å². The smallest absolute Gasteiger partial charge is 0.255 e. The summed E-state index contributed by atoms with van der Waals surface area (Å²) in [6.07, 6.45) is 8.98. The molecular weight excluding hydrogens is 446 g/mol. The van der Waals surface area contributed by atoms with Crippen molar-refractivity contribution in [3.05, 3.63) is 47.3 Å². The number of rotatable bonds is 7. The minimum absolute atomic E-state index is 0.0466. The topological polar surface area (TPSA) is 106 Å². The lowest BCUT2D eigenvalue weighted by Gasteiger charge is -2.32. The third kappa shape index (κ3) is 4.96. The van der Waals surface area contributed by atoms with Gasteiger partial charge >= 0.3 is 0 Å². The zero-order chi connectivity index (χ0) is 24.5. The van der Waals surface area contributed by atoms with Gasteiger partial charge in [0.2, 0.25) is 11.8 Å². The molecule has 9 heteroatoms. The molecule has 3 aliphatic rings. The van der Waals surface area contributed by atoms with Crippen molar-refractivity contribution >= 4 is 17.7 Å². The van der Waals surface area contributed by atoms with Gasteiger partial charge in [-0.1, -0.05) is 6.42 Å². The van der Waals surface area contributed by atoms with Gasteiger partial charge in [0.1, 0.15) is 17.9 Å². The molecule has 186 valence electrons. The number of carbonyl (C=O) groups is 3. The Morgan fingerprint density at radius 2 is 2.00 bits per heavy atom. The van der Waals surface area contributed by atoms with Crippen molar-refractivity contribution in [2.24, 2.45) is 0 Å². The fourth-order valence-electron chi connectivity index (χ4n) is 5.27. The molecule has 1 aromatic carbocycles. The molecule has 2 aliphatic heterocycles. The van der Waals surface area contributed by atoms with Gasteiger partial charge in [-0.25, -0.2) is 0 Å². The second-order valence-electron chi connectivity index (χ2n) is 10.1. The largest absolute Gasteiger partial charge is 0.489 e. The van der Waals surface area contributed by atoms with E-state index in [0.717, 1.165) is 42.7 Å². The lowest BCUT2D eigenvalue weighted by atomic mass is 9.92. The van der Waals surface area contributed by atoms with E-state index in [1.807, 2.05) is 23.0 Å². The molecule has 0 radical (unpaired) electrons. The van der Waals surface area contributed by atoms with Crippen LogP contribution in [0.25, 0.3) is 0 Å². The minimum atomic E-state index is -0.607. The Balaban J connectivity index is 1.23. The number of ether oxygens (including phenoxy) is 1. The van der Waals surface area contributed by atoms with Gasteiger partial charge in [-0.2, -0.15) is 5.10 Å². The molecule has 9 nitrogen and oxygen atoms in total. The van der Waals surface area contributed by atoms with Crippen LogP contribution in [-0.4, -0.2) is 50.6 Å². The monoisotopic (exact) mass is 479 g/mol. The summed E-state index contributed by atoms with van der Waals surface area (Å²) in [5.41, 5.74) is 2.62. The number of aromatic nitrogens is 2. The van der Waals surface area contributed by atoms with Crippen LogP contribution in [0.4, 0.5) is 0 Å². The molecular formula is C26H33N5O4. The average Bonchev–Trinajstić information content (AvgIpc) is 3.43. The van der Waals surface area contributed by atoms with Crippen LogP contribution in [0.1, 0.15) is 79.9 Å². The second-order valence-corrected chi connectivity index (χ2v) is 10.1. The Kier molecular flexibility index (Phi) is 6.60. The molecule has 2 N–H and O–H groups in total. The van der Waals surface area contributed by atoms with Gasteiger partial charge in [0, 0.05) is 48.9 Å². The summed E-state index contributed by atoms with van der Waals surface area (Å²) in [4.78, 5) is 38.3. The van der Waals surface area contributed by atoms with E-state index in [1.165, 1.54) is 6.42 Å². The summed E-state index contributed by atoms with van der Waals surface area (Å²) in [7, 11) is 0. The van der Waals surface area contributed by atoms with Crippen molar-refractivity contribution < 1.29 is 19.1 Å². The first kappa shape index (κ1) is 23.5. The molecule has 1 saturated heterocycles. The van der Waals surface area contributed by atoms with Crippen molar-refractivity contribution in [3.63, 3.8) is 0 Å². The lowest BCUT2D eigenvalue weighted by molar-refractivity contribution is -0.136. The third-order valence-corrected chi connectivity index (χ3v) is 7.24. The number of nitrogens with zero attached hydrogens (tertiary/aromatic N) is 3. The first-order chi connectivity index (χ1) is 16.9. The molecule has 3 unspecified atom stereocenters. The number of fused-ring (bicyclic) bond motifs is 1. The van der Waals surface area contributed by atoms with Crippen LogP contribution in [-0.2, 0) is 22.7 Å². The molecule has 3 heterocycles. The zero-order valence-corrected chi connectivity index (χ0v) is 20.3. The predicted octanol–water partition coefficient (Wildman–Crippen LogP) is 2.70. The third-order valence-electron chi connectivity index (χ3n) is 7.24. The molecule has 1 aromatic heterocycles. The fraction of sp³-hybridized carbons (Fsp3) is 0.538. The van der Waals surface area contributed by atoms with E-state index in [4.69, 9.17) is 4.74 Å². The van der Waals surface area contributed by atoms with E-state index in [-0.39, 0.29) is 30.4 Å². The van der Waals surface area contributed by atoms with Gasteiger partial charge in [0.05, 0.1) is 6.20 Å². The van der Waals surface area contributed by atoms with Gasteiger partial charge < -0.3 is 15.0 Å². The summed E-state index contributed by atoms with van der Waals surface area (Å²) < 4.78 is 8.41. The van der Waals surface area contributed by atoms with Crippen LogP contribution in [0.3, 0.4) is 0 Å². The highest BCUT2D eigenvalue weighted by atomic mass is 16.5. The van der Waals surface area contributed by atoms with Crippen LogP contribution in [0, 0.1) is 0 Å². The minimum Gasteiger partial charge on any atom is -0.489 e. The van der Waals surface area contributed by atoms with Gasteiger partial charge in [-0.05, 0) is 63.3 Å². The normalized spacial score (nSPS) is 24.6. The zero-order valence-electron chi connectivity index (χ0n) is 20.3. The first-order valence-electron chi connectivity index (χ1n) is 12.6. The van der Waals surface area contributed by atoms with Gasteiger partial charge in [0.15, 0.2) is 0 Å². The van der Waals surface area contributed by atoms with Crippen LogP contribution in [0.5, 0.6) is 5.75 Å². The number of nitrogens with one attached hydrogen (secondary N) is 2. The molecule has 35 heavy (non-hydrogen) atoms. The fourth-order valence-corrected chi connectivity index (χ4v) is 5.27. The Morgan fingerprint density at radius 1 is 1.17 bits per heavy atom. The summed E-state index contributed by atoms with van der Waals surface area (Å²) in [6.45, 7) is 5.33. The molecule has 3 atom stereocenters. The predicted molar refractivity (Wildman–Crippen MR) is 129 cm³/mol. The number of amides is 3. The molecule has 2 aromatic rings. The van der Waals surface area contributed by atoms with Crippen LogP contribution in [0.2, 0.25) is 0 Å². The molecule has 2 fully saturated rings. The van der Waals surface area contributed by atoms with Crippen molar-refractivity contribution in [1.29, 1.82) is 0 Å². The standard InChI is InChI=1S/C26H33N5O4/c1-16(2)31-14-17(13-28-31)12-27-21-5-3-4-6-23(21)35-19-7-8-20-18(11-19)15-30(26(20)34)22-9-10-24(32)29-25(22)33/h7-8,11,13-14,16,21-23,27H,3-6,9-10,12,15H2,1-2H3,(H,29,32,33). The lowest BCUT2D eigenvalue weighted by Crippen LogP contribution is -2.52. The molecule has 1 saturated carbocycles. The van der Waals surface area contributed by atoms with Crippen molar-refractivity contribution in [2.75, 3.05) is 0 Å². The quantitative estimate of drug-likeness (QED) is 0.592. The number of hydrogen-bond donors (Lipinski definition) is 2. The summed E-state index contributed by atoms with van der Waals surface area (Å²) in [5, 5.41) is 10.4. The molecule has 5 rings (SSSR count). The number of benzene rings is 1. The SMILES string of the molecule is CC(C)n1cc(CNC2CCCCC2Oc2ccc3c(c2)CN(C2CCC(=O)NC2=O)C3=O)cn1. The van der Waals surface area contributed by atoms with E-state index in [1.54, 1.807) is 11.0 Å². The van der Waals surface area contributed by atoms with Crippen molar-refractivity contribution in [2.45, 2.75) is 89.7 Å².